The predicted octanol–water partition coefficient (Wildman–Crippen LogP) is 4.38. The van der Waals surface area contributed by atoms with Crippen molar-refractivity contribution >= 4 is 34.4 Å². The fourth-order valence-electron chi connectivity index (χ4n) is 4.89. The third-order valence-corrected chi connectivity index (χ3v) is 7.16. The van der Waals surface area contributed by atoms with Crippen LogP contribution in [0.3, 0.4) is 0 Å². The minimum atomic E-state index is -0.593. The lowest BCUT2D eigenvalue weighted by atomic mass is 10.1. The maximum absolute atomic E-state index is 14.8. The Morgan fingerprint density at radius 1 is 1.21 bits per heavy atom. The Labute approximate surface area is 229 Å². The van der Waals surface area contributed by atoms with Crippen LogP contribution in [0.2, 0.25) is 5.02 Å². The van der Waals surface area contributed by atoms with E-state index in [2.05, 4.69) is 21.5 Å². The zero-order valence-electron chi connectivity index (χ0n) is 21.8. The lowest BCUT2D eigenvalue weighted by molar-refractivity contribution is -0.126. The van der Waals surface area contributed by atoms with Crippen molar-refractivity contribution in [2.45, 2.75) is 32.7 Å². The second-order valence-electron chi connectivity index (χ2n) is 9.71. The van der Waals surface area contributed by atoms with Gasteiger partial charge in [0.1, 0.15) is 23.8 Å². The molecule has 0 bridgehead atoms. The van der Waals surface area contributed by atoms with Gasteiger partial charge in [0.2, 0.25) is 5.91 Å². The molecule has 1 atom stereocenters. The molecule has 0 N–H and O–H groups in total. The first-order chi connectivity index (χ1) is 18.7. The van der Waals surface area contributed by atoms with Gasteiger partial charge in [0.05, 0.1) is 16.1 Å². The van der Waals surface area contributed by atoms with E-state index < -0.39 is 11.5 Å². The number of halogens is 2. The molecule has 1 amide bonds. The zero-order valence-corrected chi connectivity index (χ0v) is 22.6. The van der Waals surface area contributed by atoms with Crippen LogP contribution in [0.4, 0.5) is 10.2 Å². The number of amides is 1. The van der Waals surface area contributed by atoms with E-state index in [0.29, 0.717) is 36.7 Å². The van der Waals surface area contributed by atoms with Gasteiger partial charge < -0.3 is 9.80 Å². The fourth-order valence-corrected chi connectivity index (χ4v) is 5.14. The summed E-state index contributed by atoms with van der Waals surface area (Å²) >= 11 is 6.71. The van der Waals surface area contributed by atoms with Crippen molar-refractivity contribution in [1.29, 1.82) is 0 Å². The summed E-state index contributed by atoms with van der Waals surface area (Å²) in [7, 11) is 0. The van der Waals surface area contributed by atoms with Crippen molar-refractivity contribution < 1.29 is 9.18 Å². The molecule has 1 aromatic carbocycles. The first kappa shape index (κ1) is 26.4. The Balaban J connectivity index is 1.78. The Kier molecular flexibility index (Phi) is 7.14. The van der Waals surface area contributed by atoms with Gasteiger partial charge >= 0.3 is 5.69 Å². The smallest absolute Gasteiger partial charge is 0.350 e. The lowest BCUT2D eigenvalue weighted by Gasteiger charge is -2.40. The minimum absolute atomic E-state index is 0.00309. The highest BCUT2D eigenvalue weighted by Crippen LogP contribution is 2.35. The number of fused-ring (bicyclic) bond motifs is 1. The van der Waals surface area contributed by atoms with Crippen molar-refractivity contribution in [3.8, 4) is 17.1 Å². The molecule has 4 heterocycles. The molecule has 5 rings (SSSR count). The molecule has 0 radical (unpaired) electrons. The third kappa shape index (κ3) is 4.76. The molecule has 0 spiro atoms. The molecule has 1 aliphatic heterocycles. The fraction of sp³-hybridized carbons (Fsp3) is 0.286. The molecule has 1 aliphatic rings. The van der Waals surface area contributed by atoms with E-state index in [1.807, 2.05) is 25.7 Å². The topological polar surface area (TPSA) is 97.1 Å². The average Bonchev–Trinajstić information content (AvgIpc) is 2.92. The van der Waals surface area contributed by atoms with Crippen LogP contribution in [-0.4, -0.2) is 61.0 Å². The lowest BCUT2D eigenvalue weighted by Crippen LogP contribution is -2.54. The first-order valence-corrected chi connectivity index (χ1v) is 13.0. The largest absolute Gasteiger partial charge is 0.357 e. The quantitative estimate of drug-likeness (QED) is 0.342. The van der Waals surface area contributed by atoms with Crippen LogP contribution in [0.5, 0.6) is 0 Å². The Hall–Kier alpha value is -4.18. The monoisotopic (exact) mass is 547 g/mol. The number of aromatic nitrogens is 5. The molecule has 200 valence electrons. The Bertz CT molecular complexity index is 1660. The second-order valence-corrected chi connectivity index (χ2v) is 10.1. The molecule has 4 aromatic rings. The SMILES string of the molecule is C=CC(=O)N1CCN(c2nc(=O)n(-c3ncncc3C(C)C)c3nc(-c4ccccc4F)c(Cl)cc23)C(C)C1. The van der Waals surface area contributed by atoms with Gasteiger partial charge in [-0.3, -0.25) is 4.79 Å². The van der Waals surface area contributed by atoms with Gasteiger partial charge in [-0.15, -0.1) is 0 Å². The number of anilines is 1. The molecule has 0 aliphatic carbocycles. The van der Waals surface area contributed by atoms with E-state index in [0.717, 1.165) is 5.56 Å². The standard InChI is InChI=1S/C28H27ClFN7O2/c1-5-23(38)35-10-11-36(17(4)14-35)26-19-12-21(29)24(18-8-6-7-9-22(18)30)33-27(19)37(28(39)34-26)25-20(16(2)3)13-31-15-32-25/h5-9,12-13,15-17H,1,10-11,14H2,2-4H3. The van der Waals surface area contributed by atoms with Crippen molar-refractivity contribution in [3.05, 3.63) is 82.4 Å². The molecule has 39 heavy (non-hydrogen) atoms. The average molecular weight is 548 g/mol. The van der Waals surface area contributed by atoms with E-state index in [1.165, 1.54) is 23.0 Å². The summed E-state index contributed by atoms with van der Waals surface area (Å²) in [6.07, 6.45) is 4.31. The van der Waals surface area contributed by atoms with Crippen LogP contribution in [0.25, 0.3) is 28.1 Å². The van der Waals surface area contributed by atoms with Crippen LogP contribution in [0, 0.1) is 5.82 Å². The third-order valence-electron chi connectivity index (χ3n) is 6.87. The van der Waals surface area contributed by atoms with Crippen LogP contribution in [0.15, 0.2) is 60.3 Å². The van der Waals surface area contributed by atoms with E-state index >= 15 is 0 Å². The highest BCUT2D eigenvalue weighted by atomic mass is 35.5. The van der Waals surface area contributed by atoms with Gasteiger partial charge in [-0.2, -0.15) is 4.98 Å². The number of nitrogens with zero attached hydrogens (tertiary/aromatic N) is 7. The number of benzene rings is 1. The number of hydrogen-bond donors (Lipinski definition) is 0. The van der Waals surface area contributed by atoms with E-state index in [-0.39, 0.29) is 39.8 Å². The first-order valence-electron chi connectivity index (χ1n) is 12.6. The summed E-state index contributed by atoms with van der Waals surface area (Å²) in [4.78, 5) is 47.4. The summed E-state index contributed by atoms with van der Waals surface area (Å²) in [5.41, 5.74) is 0.777. The van der Waals surface area contributed by atoms with Crippen molar-refractivity contribution in [2.75, 3.05) is 24.5 Å². The number of piperazine rings is 1. The highest BCUT2D eigenvalue weighted by Gasteiger charge is 2.30. The number of hydrogen-bond acceptors (Lipinski definition) is 7. The van der Waals surface area contributed by atoms with Gasteiger partial charge in [-0.05, 0) is 37.1 Å². The molecule has 1 fully saturated rings. The van der Waals surface area contributed by atoms with Gasteiger partial charge in [-0.25, -0.2) is 28.7 Å². The number of carbonyl (C=O) groups is 1. The number of pyridine rings is 1. The highest BCUT2D eigenvalue weighted by molar-refractivity contribution is 6.33. The van der Waals surface area contributed by atoms with Crippen LogP contribution < -0.4 is 10.6 Å². The summed E-state index contributed by atoms with van der Waals surface area (Å²) in [6.45, 7) is 10.8. The minimum Gasteiger partial charge on any atom is -0.350 e. The van der Waals surface area contributed by atoms with Crippen LogP contribution >= 0.6 is 11.6 Å². The molecule has 1 unspecified atom stereocenters. The molecule has 1 saturated heterocycles. The maximum atomic E-state index is 14.8. The predicted molar refractivity (Wildman–Crippen MR) is 149 cm³/mol. The van der Waals surface area contributed by atoms with E-state index in [1.54, 1.807) is 35.4 Å². The van der Waals surface area contributed by atoms with E-state index in [9.17, 15) is 14.0 Å². The van der Waals surface area contributed by atoms with Gasteiger partial charge in [-0.1, -0.05) is 44.2 Å². The van der Waals surface area contributed by atoms with Crippen LogP contribution in [0.1, 0.15) is 32.3 Å². The molecular formula is C28H27ClFN7O2. The molecular weight excluding hydrogens is 521 g/mol. The zero-order chi connectivity index (χ0) is 27.8. The van der Waals surface area contributed by atoms with Gasteiger partial charge in [0.15, 0.2) is 5.65 Å². The second kappa shape index (κ2) is 10.5. The van der Waals surface area contributed by atoms with Gasteiger partial charge in [0.25, 0.3) is 0 Å². The molecule has 11 heteroatoms. The number of rotatable bonds is 5. The number of carbonyl (C=O) groups excluding carboxylic acids is 1. The Morgan fingerprint density at radius 2 is 1.97 bits per heavy atom. The molecule has 3 aromatic heterocycles. The maximum Gasteiger partial charge on any atom is 0.357 e. The normalized spacial score (nSPS) is 15.7. The van der Waals surface area contributed by atoms with Crippen molar-refractivity contribution in [2.24, 2.45) is 0 Å². The van der Waals surface area contributed by atoms with E-state index in [4.69, 9.17) is 16.6 Å². The van der Waals surface area contributed by atoms with Crippen molar-refractivity contribution in [3.63, 3.8) is 0 Å². The van der Waals surface area contributed by atoms with Gasteiger partial charge in [0, 0.05) is 43.0 Å². The summed E-state index contributed by atoms with van der Waals surface area (Å²) in [6, 6.07) is 7.69. The molecule has 9 nitrogen and oxygen atoms in total. The Morgan fingerprint density at radius 3 is 2.67 bits per heavy atom. The summed E-state index contributed by atoms with van der Waals surface area (Å²) < 4.78 is 16.2. The summed E-state index contributed by atoms with van der Waals surface area (Å²) in [5, 5.41) is 0.712. The summed E-state index contributed by atoms with van der Waals surface area (Å²) in [5.74, 6) is 0.0865. The molecule has 0 saturated carbocycles. The van der Waals surface area contributed by atoms with Crippen molar-refractivity contribution in [1.82, 2.24) is 29.4 Å². The van der Waals surface area contributed by atoms with Crippen LogP contribution in [-0.2, 0) is 4.79 Å².